The molecule has 0 aliphatic heterocycles. The first-order valence-electron chi connectivity index (χ1n) is 7.01. The Balaban J connectivity index is 1.85. The van der Waals surface area contributed by atoms with Crippen LogP contribution in [0.4, 0.5) is 5.69 Å². The van der Waals surface area contributed by atoms with E-state index in [1.165, 1.54) is 7.11 Å². The van der Waals surface area contributed by atoms with Crippen molar-refractivity contribution in [1.29, 1.82) is 0 Å². The zero-order chi connectivity index (χ0) is 15.8. The number of halogens is 1. The van der Waals surface area contributed by atoms with Crippen LogP contribution in [-0.2, 0) is 4.74 Å². The molecule has 22 heavy (non-hydrogen) atoms. The summed E-state index contributed by atoms with van der Waals surface area (Å²) in [5, 5.41) is 3.66. The number of esters is 1. The molecule has 0 spiro atoms. The van der Waals surface area contributed by atoms with Crippen LogP contribution in [0.1, 0.15) is 16.8 Å². The number of benzene rings is 2. The molecule has 1 N–H and O–H groups in total. The summed E-state index contributed by atoms with van der Waals surface area (Å²) in [7, 11) is 1.35. The lowest BCUT2D eigenvalue weighted by Gasteiger charge is -2.12. The second kappa shape index (κ2) is 8.29. The van der Waals surface area contributed by atoms with Crippen molar-refractivity contribution in [3.05, 3.63) is 59.1 Å². The third-order valence-electron chi connectivity index (χ3n) is 3.05. The van der Waals surface area contributed by atoms with Crippen molar-refractivity contribution in [3.8, 4) is 5.75 Å². The lowest BCUT2D eigenvalue weighted by molar-refractivity contribution is 0.0602. The highest BCUT2D eigenvalue weighted by Gasteiger charge is 2.13. The van der Waals surface area contributed by atoms with Gasteiger partial charge in [-0.15, -0.1) is 0 Å². The third kappa shape index (κ3) is 4.40. The standard InChI is InChI=1S/C17H18ClNO3/c1-21-17(20)14-9-5-10-15(18)16(14)19-11-6-12-22-13-7-3-2-4-8-13/h2-5,7-10,19H,6,11-12H2,1H3. The van der Waals surface area contributed by atoms with Crippen LogP contribution in [0.2, 0.25) is 5.02 Å². The minimum atomic E-state index is -0.412. The highest BCUT2D eigenvalue weighted by Crippen LogP contribution is 2.26. The predicted octanol–water partition coefficient (Wildman–Crippen LogP) is 4.01. The average molecular weight is 320 g/mol. The lowest BCUT2D eigenvalue weighted by atomic mass is 10.1. The Bertz CT molecular complexity index is 617. The number of carbonyl (C=O) groups is 1. The van der Waals surface area contributed by atoms with E-state index in [1.54, 1.807) is 18.2 Å². The first-order valence-corrected chi connectivity index (χ1v) is 7.38. The van der Waals surface area contributed by atoms with Crippen LogP contribution >= 0.6 is 11.6 Å². The van der Waals surface area contributed by atoms with Gasteiger partial charge in [-0.3, -0.25) is 0 Å². The minimum Gasteiger partial charge on any atom is -0.494 e. The van der Waals surface area contributed by atoms with Crippen molar-refractivity contribution in [2.45, 2.75) is 6.42 Å². The van der Waals surface area contributed by atoms with Crippen LogP contribution in [0.15, 0.2) is 48.5 Å². The van der Waals surface area contributed by atoms with E-state index in [4.69, 9.17) is 21.1 Å². The second-order valence-electron chi connectivity index (χ2n) is 4.60. The maximum absolute atomic E-state index is 11.7. The summed E-state index contributed by atoms with van der Waals surface area (Å²) in [6, 6.07) is 14.8. The summed E-state index contributed by atoms with van der Waals surface area (Å²) in [6.07, 6.45) is 0.779. The Labute approximate surface area is 135 Å². The summed E-state index contributed by atoms with van der Waals surface area (Å²) < 4.78 is 10.4. The number of para-hydroxylation sites is 2. The molecular formula is C17H18ClNO3. The molecule has 2 aromatic carbocycles. The monoisotopic (exact) mass is 319 g/mol. The van der Waals surface area contributed by atoms with Gasteiger partial charge < -0.3 is 14.8 Å². The van der Waals surface area contributed by atoms with Crippen molar-refractivity contribution in [1.82, 2.24) is 0 Å². The van der Waals surface area contributed by atoms with E-state index in [-0.39, 0.29) is 0 Å². The maximum atomic E-state index is 11.7. The van der Waals surface area contributed by atoms with Crippen molar-refractivity contribution >= 4 is 23.3 Å². The number of nitrogens with one attached hydrogen (secondary N) is 1. The van der Waals surface area contributed by atoms with Gasteiger partial charge in [-0.2, -0.15) is 0 Å². The molecule has 4 nitrogen and oxygen atoms in total. The van der Waals surface area contributed by atoms with Gasteiger partial charge in [0.05, 0.1) is 30.0 Å². The van der Waals surface area contributed by atoms with E-state index in [0.717, 1.165) is 12.2 Å². The Hall–Kier alpha value is -2.20. The van der Waals surface area contributed by atoms with E-state index in [1.807, 2.05) is 30.3 Å². The van der Waals surface area contributed by atoms with Gasteiger partial charge in [0.25, 0.3) is 0 Å². The largest absolute Gasteiger partial charge is 0.494 e. The Morgan fingerprint density at radius 2 is 1.91 bits per heavy atom. The summed E-state index contributed by atoms with van der Waals surface area (Å²) >= 11 is 6.14. The van der Waals surface area contributed by atoms with Crippen LogP contribution in [0.5, 0.6) is 5.75 Å². The van der Waals surface area contributed by atoms with Crippen LogP contribution < -0.4 is 10.1 Å². The Kier molecular flexibility index (Phi) is 6.10. The molecule has 0 aliphatic carbocycles. The van der Waals surface area contributed by atoms with Crippen molar-refractivity contribution < 1.29 is 14.3 Å². The highest BCUT2D eigenvalue weighted by molar-refractivity contribution is 6.34. The first kappa shape index (κ1) is 16.2. The van der Waals surface area contributed by atoms with Gasteiger partial charge in [-0.05, 0) is 30.7 Å². The van der Waals surface area contributed by atoms with Crippen molar-refractivity contribution in [3.63, 3.8) is 0 Å². The number of anilines is 1. The van der Waals surface area contributed by atoms with Crippen LogP contribution in [0.25, 0.3) is 0 Å². The van der Waals surface area contributed by atoms with Crippen molar-refractivity contribution in [2.75, 3.05) is 25.6 Å². The molecule has 0 fully saturated rings. The summed E-state index contributed by atoms with van der Waals surface area (Å²) in [5.74, 6) is 0.432. The fraction of sp³-hybridized carbons (Fsp3) is 0.235. The maximum Gasteiger partial charge on any atom is 0.340 e. The van der Waals surface area contributed by atoms with E-state index in [2.05, 4.69) is 5.32 Å². The van der Waals surface area contributed by atoms with E-state index >= 15 is 0 Å². The number of hydrogen-bond donors (Lipinski definition) is 1. The van der Waals surface area contributed by atoms with Crippen molar-refractivity contribution in [2.24, 2.45) is 0 Å². The molecule has 116 valence electrons. The van der Waals surface area contributed by atoms with Crippen LogP contribution in [0, 0.1) is 0 Å². The number of rotatable bonds is 7. The minimum absolute atomic E-state index is 0.412. The first-order chi connectivity index (χ1) is 10.7. The van der Waals surface area contributed by atoms with E-state index in [0.29, 0.717) is 29.4 Å². The molecule has 0 heterocycles. The fourth-order valence-electron chi connectivity index (χ4n) is 1.98. The smallest absolute Gasteiger partial charge is 0.340 e. The van der Waals surface area contributed by atoms with E-state index < -0.39 is 5.97 Å². The second-order valence-corrected chi connectivity index (χ2v) is 5.00. The number of hydrogen-bond acceptors (Lipinski definition) is 4. The van der Waals surface area contributed by atoms with Gasteiger partial charge in [-0.1, -0.05) is 35.9 Å². The van der Waals surface area contributed by atoms with Gasteiger partial charge in [0, 0.05) is 6.54 Å². The van der Waals surface area contributed by atoms with Crippen LogP contribution in [0.3, 0.4) is 0 Å². The van der Waals surface area contributed by atoms with Gasteiger partial charge in [0.15, 0.2) is 0 Å². The number of carbonyl (C=O) groups excluding carboxylic acids is 1. The molecule has 5 heteroatoms. The summed E-state index contributed by atoms with van der Waals surface area (Å²) in [4.78, 5) is 11.7. The molecule has 0 amide bonds. The van der Waals surface area contributed by atoms with Crippen LogP contribution in [-0.4, -0.2) is 26.2 Å². The fourth-order valence-corrected chi connectivity index (χ4v) is 2.22. The summed E-state index contributed by atoms with van der Waals surface area (Å²) in [5.41, 5.74) is 1.02. The Morgan fingerprint density at radius 1 is 1.14 bits per heavy atom. The van der Waals surface area contributed by atoms with Gasteiger partial charge in [-0.25, -0.2) is 4.79 Å². The molecule has 0 unspecified atom stereocenters. The normalized spacial score (nSPS) is 10.1. The molecule has 0 saturated heterocycles. The van der Waals surface area contributed by atoms with Gasteiger partial charge in [0.1, 0.15) is 5.75 Å². The molecule has 0 atom stereocenters. The lowest BCUT2D eigenvalue weighted by Crippen LogP contribution is -2.12. The zero-order valence-corrected chi connectivity index (χ0v) is 13.1. The molecule has 0 aromatic heterocycles. The summed E-state index contributed by atoms with van der Waals surface area (Å²) in [6.45, 7) is 1.22. The number of ether oxygens (including phenoxy) is 2. The van der Waals surface area contributed by atoms with Gasteiger partial charge >= 0.3 is 5.97 Å². The number of methoxy groups -OCH3 is 1. The molecular weight excluding hydrogens is 302 g/mol. The van der Waals surface area contributed by atoms with E-state index in [9.17, 15) is 4.79 Å². The third-order valence-corrected chi connectivity index (χ3v) is 3.37. The average Bonchev–Trinajstić information content (AvgIpc) is 2.56. The molecule has 2 rings (SSSR count). The molecule has 0 radical (unpaired) electrons. The van der Waals surface area contributed by atoms with Gasteiger partial charge in [0.2, 0.25) is 0 Å². The SMILES string of the molecule is COC(=O)c1cccc(Cl)c1NCCCOc1ccccc1. The Morgan fingerprint density at radius 3 is 2.64 bits per heavy atom. The topological polar surface area (TPSA) is 47.6 Å². The molecule has 0 bridgehead atoms. The molecule has 0 aliphatic rings. The predicted molar refractivity (Wildman–Crippen MR) is 87.8 cm³/mol. The molecule has 0 saturated carbocycles. The highest BCUT2D eigenvalue weighted by atomic mass is 35.5. The molecule has 2 aromatic rings. The zero-order valence-electron chi connectivity index (χ0n) is 12.3. The quantitative estimate of drug-likeness (QED) is 0.619.